The van der Waals surface area contributed by atoms with E-state index >= 15 is 0 Å². The zero-order valence-electron chi connectivity index (χ0n) is 10.4. The number of nitro groups is 1. The van der Waals surface area contributed by atoms with E-state index in [1.807, 2.05) is 0 Å². The summed E-state index contributed by atoms with van der Waals surface area (Å²) in [6.07, 6.45) is 4.41. The second-order valence-corrected chi connectivity index (χ2v) is 4.48. The molecule has 0 aliphatic heterocycles. The standard InChI is InChI=1S/C13H7ClN4O3/c14-8-5-12(18(19)20)13(17-7-8)21-9-1-2-10-11(6-9)16-4-3-15-10/h1-7H. The van der Waals surface area contributed by atoms with E-state index in [0.29, 0.717) is 16.8 Å². The minimum absolute atomic E-state index is 0.132. The largest absolute Gasteiger partial charge is 0.434 e. The average molecular weight is 303 g/mol. The van der Waals surface area contributed by atoms with Gasteiger partial charge in [-0.15, -0.1) is 0 Å². The average Bonchev–Trinajstić information content (AvgIpc) is 2.49. The second-order valence-electron chi connectivity index (χ2n) is 4.04. The van der Waals surface area contributed by atoms with Crippen molar-refractivity contribution >= 4 is 28.3 Å². The molecule has 1 aromatic carbocycles. The summed E-state index contributed by atoms with van der Waals surface area (Å²) >= 11 is 5.70. The van der Waals surface area contributed by atoms with Crippen molar-refractivity contribution in [1.82, 2.24) is 15.0 Å². The third kappa shape index (κ3) is 2.72. The Bertz CT molecular complexity index is 841. The first kappa shape index (κ1) is 13.2. The van der Waals surface area contributed by atoms with Crippen LogP contribution in [-0.4, -0.2) is 19.9 Å². The van der Waals surface area contributed by atoms with Gasteiger partial charge in [0.15, 0.2) is 0 Å². The van der Waals surface area contributed by atoms with Gasteiger partial charge >= 0.3 is 5.69 Å². The Morgan fingerprint density at radius 3 is 2.62 bits per heavy atom. The number of aromatic nitrogens is 3. The quantitative estimate of drug-likeness (QED) is 0.544. The molecule has 0 saturated heterocycles. The summed E-state index contributed by atoms with van der Waals surface area (Å²) in [5, 5.41) is 11.1. The van der Waals surface area contributed by atoms with Crippen molar-refractivity contribution in [2.75, 3.05) is 0 Å². The van der Waals surface area contributed by atoms with E-state index in [1.165, 1.54) is 12.3 Å². The number of pyridine rings is 1. The number of hydrogen-bond donors (Lipinski definition) is 0. The Morgan fingerprint density at radius 2 is 1.86 bits per heavy atom. The van der Waals surface area contributed by atoms with Crippen LogP contribution >= 0.6 is 11.6 Å². The molecule has 104 valence electrons. The van der Waals surface area contributed by atoms with E-state index in [4.69, 9.17) is 16.3 Å². The van der Waals surface area contributed by atoms with Crippen LogP contribution < -0.4 is 4.74 Å². The Balaban J connectivity index is 2.00. The summed E-state index contributed by atoms with van der Waals surface area (Å²) in [5.74, 6) is 0.244. The SMILES string of the molecule is O=[N+]([O-])c1cc(Cl)cnc1Oc1ccc2nccnc2c1. The normalized spacial score (nSPS) is 10.5. The highest BCUT2D eigenvalue weighted by atomic mass is 35.5. The summed E-state index contributed by atoms with van der Waals surface area (Å²) in [4.78, 5) is 22.5. The van der Waals surface area contributed by atoms with Crippen molar-refractivity contribution in [2.45, 2.75) is 0 Å². The van der Waals surface area contributed by atoms with Crippen molar-refractivity contribution in [3.05, 3.63) is 58.0 Å². The summed E-state index contributed by atoms with van der Waals surface area (Å²) in [6.45, 7) is 0. The Labute approximate surface area is 123 Å². The third-order valence-electron chi connectivity index (χ3n) is 2.65. The second kappa shape index (κ2) is 5.29. The summed E-state index contributed by atoms with van der Waals surface area (Å²) in [7, 11) is 0. The van der Waals surface area contributed by atoms with Crippen molar-refractivity contribution < 1.29 is 9.66 Å². The first-order valence-electron chi connectivity index (χ1n) is 5.82. The maximum absolute atomic E-state index is 11.0. The highest BCUT2D eigenvalue weighted by Gasteiger charge is 2.18. The fraction of sp³-hybridized carbons (Fsp3) is 0. The van der Waals surface area contributed by atoms with Crippen molar-refractivity contribution in [3.63, 3.8) is 0 Å². The first-order chi connectivity index (χ1) is 10.1. The zero-order valence-corrected chi connectivity index (χ0v) is 11.2. The van der Waals surface area contributed by atoms with Crippen LogP contribution in [0.1, 0.15) is 0 Å². The first-order valence-corrected chi connectivity index (χ1v) is 6.20. The fourth-order valence-electron chi connectivity index (χ4n) is 1.74. The maximum Gasteiger partial charge on any atom is 0.332 e. The van der Waals surface area contributed by atoms with Crippen LogP contribution in [0.3, 0.4) is 0 Å². The van der Waals surface area contributed by atoms with Crippen LogP contribution in [0.5, 0.6) is 11.6 Å². The maximum atomic E-state index is 11.0. The predicted octanol–water partition coefficient (Wildman–Crippen LogP) is 3.38. The molecule has 0 unspecified atom stereocenters. The van der Waals surface area contributed by atoms with Gasteiger partial charge in [-0.3, -0.25) is 20.1 Å². The molecule has 0 radical (unpaired) electrons. The van der Waals surface area contributed by atoms with E-state index in [0.717, 1.165) is 0 Å². The van der Waals surface area contributed by atoms with Crippen LogP contribution in [-0.2, 0) is 0 Å². The topological polar surface area (TPSA) is 91.0 Å². The number of fused-ring (bicyclic) bond motifs is 1. The number of nitrogens with zero attached hydrogens (tertiary/aromatic N) is 4. The number of benzene rings is 1. The molecule has 8 heteroatoms. The molecule has 0 aliphatic carbocycles. The zero-order chi connectivity index (χ0) is 14.8. The van der Waals surface area contributed by atoms with Crippen LogP contribution in [0.2, 0.25) is 5.02 Å². The summed E-state index contributed by atoms with van der Waals surface area (Å²) in [5.41, 5.74) is 1.01. The lowest BCUT2D eigenvalue weighted by Gasteiger charge is -2.06. The molecule has 3 rings (SSSR count). The van der Waals surface area contributed by atoms with Gasteiger partial charge in [0.2, 0.25) is 0 Å². The summed E-state index contributed by atoms with van der Waals surface area (Å²) in [6, 6.07) is 6.16. The fourth-order valence-corrected chi connectivity index (χ4v) is 1.90. The van der Waals surface area contributed by atoms with Gasteiger partial charge in [0.25, 0.3) is 5.88 Å². The molecule has 0 N–H and O–H groups in total. The van der Waals surface area contributed by atoms with Crippen LogP contribution in [0.15, 0.2) is 42.9 Å². The third-order valence-corrected chi connectivity index (χ3v) is 2.86. The van der Waals surface area contributed by atoms with Gasteiger partial charge in [-0.2, -0.15) is 0 Å². The van der Waals surface area contributed by atoms with E-state index in [1.54, 1.807) is 30.6 Å². The molecule has 0 aliphatic rings. The lowest BCUT2D eigenvalue weighted by molar-refractivity contribution is -0.386. The molecule has 0 spiro atoms. The van der Waals surface area contributed by atoms with Gasteiger partial charge in [0.1, 0.15) is 5.75 Å². The number of rotatable bonds is 3. The molecule has 0 amide bonds. The van der Waals surface area contributed by atoms with Gasteiger partial charge in [0, 0.05) is 24.5 Å². The van der Waals surface area contributed by atoms with E-state index in [9.17, 15) is 10.1 Å². The lowest BCUT2D eigenvalue weighted by atomic mass is 10.3. The Morgan fingerprint density at radius 1 is 1.10 bits per heavy atom. The van der Waals surface area contributed by atoms with Gasteiger partial charge in [0.05, 0.1) is 27.2 Å². The molecule has 2 aromatic heterocycles. The van der Waals surface area contributed by atoms with E-state index in [-0.39, 0.29) is 16.6 Å². The molecule has 0 bridgehead atoms. The van der Waals surface area contributed by atoms with E-state index in [2.05, 4.69) is 15.0 Å². The molecular weight excluding hydrogens is 296 g/mol. The molecule has 0 atom stereocenters. The highest BCUT2D eigenvalue weighted by Crippen LogP contribution is 2.31. The van der Waals surface area contributed by atoms with Crippen molar-refractivity contribution in [1.29, 1.82) is 0 Å². The molecule has 7 nitrogen and oxygen atoms in total. The Hall–Kier alpha value is -2.80. The van der Waals surface area contributed by atoms with Gasteiger partial charge < -0.3 is 4.74 Å². The van der Waals surface area contributed by atoms with E-state index < -0.39 is 4.92 Å². The molecule has 21 heavy (non-hydrogen) atoms. The number of hydrogen-bond acceptors (Lipinski definition) is 6. The molecule has 0 saturated carbocycles. The number of halogens is 1. The molecular formula is C13H7ClN4O3. The minimum atomic E-state index is -0.602. The van der Waals surface area contributed by atoms with Crippen molar-refractivity contribution in [3.8, 4) is 11.6 Å². The summed E-state index contributed by atoms with van der Waals surface area (Å²) < 4.78 is 5.45. The molecule has 0 fully saturated rings. The lowest BCUT2D eigenvalue weighted by Crippen LogP contribution is -1.96. The van der Waals surface area contributed by atoms with Crippen LogP contribution in [0.4, 0.5) is 5.69 Å². The minimum Gasteiger partial charge on any atom is -0.434 e. The Kier molecular flexibility index (Phi) is 3.33. The van der Waals surface area contributed by atoms with Gasteiger partial charge in [-0.1, -0.05) is 11.6 Å². The molecule has 3 aromatic rings. The van der Waals surface area contributed by atoms with Gasteiger partial charge in [-0.05, 0) is 12.1 Å². The monoisotopic (exact) mass is 302 g/mol. The predicted molar refractivity (Wildman–Crippen MR) is 75.5 cm³/mol. The van der Waals surface area contributed by atoms with Crippen LogP contribution in [0, 0.1) is 10.1 Å². The highest BCUT2D eigenvalue weighted by molar-refractivity contribution is 6.30. The molecule has 2 heterocycles. The van der Waals surface area contributed by atoms with Crippen molar-refractivity contribution in [2.24, 2.45) is 0 Å². The smallest absolute Gasteiger partial charge is 0.332 e. The van der Waals surface area contributed by atoms with Crippen LogP contribution in [0.25, 0.3) is 11.0 Å². The van der Waals surface area contributed by atoms with Gasteiger partial charge in [-0.25, -0.2) is 4.98 Å². The number of ether oxygens (including phenoxy) is 1.